The van der Waals surface area contributed by atoms with Gasteiger partial charge in [-0.2, -0.15) is 0 Å². The number of anilines is 1. The van der Waals surface area contributed by atoms with E-state index in [0.29, 0.717) is 23.9 Å². The van der Waals surface area contributed by atoms with Gasteiger partial charge in [0.05, 0.1) is 5.92 Å². The van der Waals surface area contributed by atoms with E-state index in [1.807, 2.05) is 0 Å². The van der Waals surface area contributed by atoms with Gasteiger partial charge < -0.3 is 10.4 Å². The Morgan fingerprint density at radius 1 is 1.38 bits per heavy atom. The number of hydrogen-bond donors (Lipinski definition) is 3. The lowest BCUT2D eigenvalue weighted by molar-refractivity contribution is -0.142. The van der Waals surface area contributed by atoms with Crippen LogP contribution in [0.25, 0.3) is 0 Å². The third kappa shape index (κ3) is 4.38. The highest BCUT2D eigenvalue weighted by Gasteiger charge is 2.33. The van der Waals surface area contributed by atoms with Crippen molar-refractivity contribution in [2.45, 2.75) is 45.6 Å². The SMILES string of the molecule is CC(C)Cc1nnc(NC(=O)NC2CCCC2C(=O)O)s1. The van der Waals surface area contributed by atoms with Crippen LogP contribution in [0.2, 0.25) is 0 Å². The van der Waals surface area contributed by atoms with Crippen LogP contribution in [-0.4, -0.2) is 33.3 Å². The van der Waals surface area contributed by atoms with Crippen molar-refractivity contribution in [3.05, 3.63) is 5.01 Å². The number of amides is 2. The average Bonchev–Trinajstić information content (AvgIpc) is 2.98. The number of aliphatic carboxylic acids is 1. The van der Waals surface area contributed by atoms with Gasteiger partial charge in [0.15, 0.2) is 0 Å². The Labute approximate surface area is 127 Å². The highest BCUT2D eigenvalue weighted by Crippen LogP contribution is 2.26. The molecule has 2 rings (SSSR count). The number of hydrogen-bond acceptors (Lipinski definition) is 5. The van der Waals surface area contributed by atoms with Crippen molar-refractivity contribution in [1.82, 2.24) is 15.5 Å². The molecule has 0 aliphatic heterocycles. The quantitative estimate of drug-likeness (QED) is 0.772. The molecule has 116 valence electrons. The van der Waals surface area contributed by atoms with Gasteiger partial charge in [-0.3, -0.25) is 10.1 Å². The molecule has 1 heterocycles. The zero-order chi connectivity index (χ0) is 15.4. The van der Waals surface area contributed by atoms with Crippen LogP contribution in [0.5, 0.6) is 0 Å². The lowest BCUT2D eigenvalue weighted by Crippen LogP contribution is -2.42. The Balaban J connectivity index is 1.87. The van der Waals surface area contributed by atoms with Crippen molar-refractivity contribution >= 4 is 28.5 Å². The maximum Gasteiger partial charge on any atom is 0.321 e. The molecule has 0 radical (unpaired) electrons. The molecule has 0 aromatic carbocycles. The third-order valence-corrected chi connectivity index (χ3v) is 4.28. The van der Waals surface area contributed by atoms with E-state index in [4.69, 9.17) is 5.11 Å². The number of carboxylic acids is 1. The van der Waals surface area contributed by atoms with Gasteiger partial charge in [0.1, 0.15) is 5.01 Å². The second-order valence-corrected chi connectivity index (χ2v) is 6.74. The van der Waals surface area contributed by atoms with Crippen molar-refractivity contribution in [2.75, 3.05) is 5.32 Å². The summed E-state index contributed by atoms with van der Waals surface area (Å²) in [5.41, 5.74) is 0. The summed E-state index contributed by atoms with van der Waals surface area (Å²) in [6, 6.07) is -0.731. The van der Waals surface area contributed by atoms with Crippen LogP contribution in [0.15, 0.2) is 0 Å². The van der Waals surface area contributed by atoms with Crippen LogP contribution in [0.1, 0.15) is 38.1 Å². The minimum Gasteiger partial charge on any atom is -0.481 e. The van der Waals surface area contributed by atoms with Crippen LogP contribution in [0.3, 0.4) is 0 Å². The maximum absolute atomic E-state index is 11.9. The summed E-state index contributed by atoms with van der Waals surface area (Å²) in [7, 11) is 0. The predicted octanol–water partition coefficient (Wildman–Crippen LogP) is 2.11. The second-order valence-electron chi connectivity index (χ2n) is 5.68. The first-order valence-corrected chi connectivity index (χ1v) is 7.90. The molecule has 21 heavy (non-hydrogen) atoms. The fourth-order valence-corrected chi connectivity index (χ4v) is 3.41. The zero-order valence-electron chi connectivity index (χ0n) is 12.1. The Morgan fingerprint density at radius 2 is 2.14 bits per heavy atom. The molecule has 7 nitrogen and oxygen atoms in total. The fraction of sp³-hybridized carbons (Fsp3) is 0.692. The molecule has 1 aromatic rings. The summed E-state index contributed by atoms with van der Waals surface area (Å²) in [5, 5.41) is 23.7. The van der Waals surface area contributed by atoms with E-state index in [2.05, 4.69) is 34.7 Å². The second kappa shape index (κ2) is 6.84. The minimum atomic E-state index is -0.854. The molecule has 1 saturated carbocycles. The predicted molar refractivity (Wildman–Crippen MR) is 79.4 cm³/mol. The number of nitrogens with one attached hydrogen (secondary N) is 2. The molecular formula is C13H20N4O3S. The monoisotopic (exact) mass is 312 g/mol. The lowest BCUT2D eigenvalue weighted by atomic mass is 10.0. The van der Waals surface area contributed by atoms with E-state index in [1.165, 1.54) is 11.3 Å². The Hall–Kier alpha value is -1.70. The van der Waals surface area contributed by atoms with E-state index in [0.717, 1.165) is 17.8 Å². The van der Waals surface area contributed by atoms with Crippen molar-refractivity contribution < 1.29 is 14.7 Å². The fourth-order valence-electron chi connectivity index (χ4n) is 2.47. The largest absolute Gasteiger partial charge is 0.481 e. The molecule has 0 saturated heterocycles. The molecule has 1 fully saturated rings. The number of carbonyl (C=O) groups is 2. The average molecular weight is 312 g/mol. The molecule has 1 aliphatic rings. The van der Waals surface area contributed by atoms with E-state index < -0.39 is 17.9 Å². The smallest absolute Gasteiger partial charge is 0.321 e. The van der Waals surface area contributed by atoms with Crippen molar-refractivity contribution in [2.24, 2.45) is 11.8 Å². The van der Waals surface area contributed by atoms with Crippen molar-refractivity contribution in [1.29, 1.82) is 0 Å². The molecule has 3 N–H and O–H groups in total. The Morgan fingerprint density at radius 3 is 2.81 bits per heavy atom. The molecule has 0 bridgehead atoms. The van der Waals surface area contributed by atoms with Gasteiger partial charge in [0, 0.05) is 12.5 Å². The molecule has 0 spiro atoms. The molecule has 1 aromatic heterocycles. The zero-order valence-corrected chi connectivity index (χ0v) is 12.9. The highest BCUT2D eigenvalue weighted by atomic mass is 32.1. The van der Waals surface area contributed by atoms with Crippen LogP contribution in [-0.2, 0) is 11.2 Å². The Kier molecular flexibility index (Phi) is 5.11. The molecule has 2 amide bonds. The van der Waals surface area contributed by atoms with Gasteiger partial charge in [-0.05, 0) is 18.8 Å². The number of carbonyl (C=O) groups excluding carboxylic acids is 1. The van der Waals surface area contributed by atoms with Crippen molar-refractivity contribution in [3.8, 4) is 0 Å². The topological polar surface area (TPSA) is 104 Å². The Bertz CT molecular complexity index is 517. The van der Waals surface area contributed by atoms with Crippen LogP contribution < -0.4 is 10.6 Å². The van der Waals surface area contributed by atoms with E-state index in [-0.39, 0.29) is 6.04 Å². The first-order valence-electron chi connectivity index (χ1n) is 7.08. The normalized spacial score (nSPS) is 21.5. The number of nitrogens with zero attached hydrogens (tertiary/aromatic N) is 2. The van der Waals surface area contributed by atoms with Gasteiger partial charge >= 0.3 is 12.0 Å². The summed E-state index contributed by atoms with van der Waals surface area (Å²) in [6.07, 6.45) is 2.95. The summed E-state index contributed by atoms with van der Waals surface area (Å²) in [5.74, 6) is -0.871. The lowest BCUT2D eigenvalue weighted by Gasteiger charge is -2.17. The van der Waals surface area contributed by atoms with Gasteiger partial charge in [-0.25, -0.2) is 4.79 Å². The van der Waals surface area contributed by atoms with Crippen LogP contribution in [0.4, 0.5) is 9.93 Å². The highest BCUT2D eigenvalue weighted by molar-refractivity contribution is 7.15. The van der Waals surface area contributed by atoms with Gasteiger partial charge in [-0.1, -0.05) is 31.6 Å². The summed E-state index contributed by atoms with van der Waals surface area (Å²) >= 11 is 1.34. The molecule has 2 unspecified atom stereocenters. The van der Waals surface area contributed by atoms with E-state index >= 15 is 0 Å². The van der Waals surface area contributed by atoms with Gasteiger partial charge in [-0.15, -0.1) is 10.2 Å². The minimum absolute atomic E-state index is 0.314. The summed E-state index contributed by atoms with van der Waals surface area (Å²) < 4.78 is 0. The third-order valence-electron chi connectivity index (χ3n) is 3.42. The van der Waals surface area contributed by atoms with Gasteiger partial charge in [0.25, 0.3) is 0 Å². The number of urea groups is 1. The number of aromatic nitrogens is 2. The van der Waals surface area contributed by atoms with Crippen LogP contribution >= 0.6 is 11.3 Å². The number of carboxylic acid groups (broad SMARTS) is 1. The van der Waals surface area contributed by atoms with E-state index in [1.54, 1.807) is 0 Å². The number of rotatable bonds is 5. The molecular weight excluding hydrogens is 292 g/mol. The first kappa shape index (κ1) is 15.7. The van der Waals surface area contributed by atoms with E-state index in [9.17, 15) is 9.59 Å². The summed E-state index contributed by atoms with van der Waals surface area (Å²) in [4.78, 5) is 23.0. The van der Waals surface area contributed by atoms with Crippen molar-refractivity contribution in [3.63, 3.8) is 0 Å². The van der Waals surface area contributed by atoms with Gasteiger partial charge in [0.2, 0.25) is 5.13 Å². The maximum atomic E-state index is 11.9. The molecule has 8 heteroatoms. The standard InChI is InChI=1S/C13H20N4O3S/c1-7(2)6-10-16-17-13(21-10)15-12(20)14-9-5-3-4-8(9)11(18)19/h7-9H,3-6H2,1-2H3,(H,18,19)(H2,14,15,17,20). The van der Waals surface area contributed by atoms with Crippen LogP contribution in [0, 0.1) is 11.8 Å². The molecule has 2 atom stereocenters. The summed E-state index contributed by atoms with van der Waals surface area (Å²) in [6.45, 7) is 4.18. The first-order chi connectivity index (χ1) is 9.95. The molecule has 1 aliphatic carbocycles.